The first-order valence-electron chi connectivity index (χ1n) is 8.56. The summed E-state index contributed by atoms with van der Waals surface area (Å²) in [5, 5.41) is 0.519. The van der Waals surface area contributed by atoms with Crippen LogP contribution in [0.3, 0.4) is 0 Å². The standard InChI is InChI=1S/C21H19ClO5/c1-3-25-19(23)12-27-17-7-5-4-6-14(17)10-15-11-26-18-9-8-16(22)13(2)20(18)21(15)24/h4-10H,3,11-12H2,1-2H3. The second-order valence-corrected chi connectivity index (χ2v) is 6.37. The number of hydrogen-bond acceptors (Lipinski definition) is 5. The van der Waals surface area contributed by atoms with Crippen LogP contribution in [0.5, 0.6) is 11.5 Å². The highest BCUT2D eigenvalue weighted by molar-refractivity contribution is 6.32. The molecule has 2 aromatic rings. The number of carbonyl (C=O) groups is 2. The number of hydrogen-bond donors (Lipinski definition) is 0. The van der Waals surface area contributed by atoms with Crippen LogP contribution in [-0.2, 0) is 9.53 Å². The lowest BCUT2D eigenvalue weighted by Crippen LogP contribution is -2.20. The number of fused-ring (bicyclic) bond motifs is 1. The molecule has 0 radical (unpaired) electrons. The van der Waals surface area contributed by atoms with Crippen LogP contribution in [0.4, 0.5) is 0 Å². The molecule has 0 saturated carbocycles. The van der Waals surface area contributed by atoms with Crippen LogP contribution in [0.15, 0.2) is 42.0 Å². The second kappa shape index (κ2) is 8.27. The summed E-state index contributed by atoms with van der Waals surface area (Å²) in [5.41, 5.74) is 2.33. The van der Waals surface area contributed by atoms with E-state index in [0.29, 0.717) is 45.4 Å². The van der Waals surface area contributed by atoms with E-state index in [9.17, 15) is 9.59 Å². The van der Waals surface area contributed by atoms with Crippen molar-refractivity contribution in [3.8, 4) is 11.5 Å². The highest BCUT2D eigenvalue weighted by atomic mass is 35.5. The maximum Gasteiger partial charge on any atom is 0.344 e. The number of ether oxygens (including phenoxy) is 3. The molecule has 0 fully saturated rings. The van der Waals surface area contributed by atoms with Gasteiger partial charge in [-0.25, -0.2) is 4.79 Å². The summed E-state index contributed by atoms with van der Waals surface area (Å²) in [6, 6.07) is 10.6. The van der Waals surface area contributed by atoms with E-state index in [1.165, 1.54) is 0 Å². The number of Topliss-reactive ketones (excluding diaryl/α,β-unsaturated/α-hetero) is 1. The summed E-state index contributed by atoms with van der Waals surface area (Å²) < 4.78 is 16.1. The number of halogens is 1. The van der Waals surface area contributed by atoms with Crippen LogP contribution in [0.1, 0.15) is 28.4 Å². The molecule has 3 rings (SSSR count). The molecule has 0 atom stereocenters. The first-order chi connectivity index (χ1) is 13.0. The zero-order valence-corrected chi connectivity index (χ0v) is 15.8. The van der Waals surface area contributed by atoms with Gasteiger partial charge >= 0.3 is 5.97 Å². The summed E-state index contributed by atoms with van der Waals surface area (Å²) in [6.07, 6.45) is 1.71. The van der Waals surface area contributed by atoms with Crippen LogP contribution in [-0.4, -0.2) is 31.6 Å². The van der Waals surface area contributed by atoms with E-state index < -0.39 is 5.97 Å². The minimum atomic E-state index is -0.448. The number of benzene rings is 2. The lowest BCUT2D eigenvalue weighted by molar-refractivity contribution is -0.145. The van der Waals surface area contributed by atoms with Gasteiger partial charge in [-0.15, -0.1) is 0 Å². The SMILES string of the molecule is CCOC(=O)COc1ccccc1C=C1COc2ccc(Cl)c(C)c2C1=O. The molecule has 27 heavy (non-hydrogen) atoms. The summed E-state index contributed by atoms with van der Waals surface area (Å²) in [6.45, 7) is 3.77. The van der Waals surface area contributed by atoms with Gasteiger partial charge in [-0.2, -0.15) is 0 Å². The van der Waals surface area contributed by atoms with Crippen molar-refractivity contribution in [3.05, 3.63) is 63.7 Å². The molecule has 0 unspecified atom stereocenters. The topological polar surface area (TPSA) is 61.8 Å². The Morgan fingerprint density at radius 3 is 2.81 bits per heavy atom. The van der Waals surface area contributed by atoms with Gasteiger partial charge in [0.2, 0.25) is 0 Å². The summed E-state index contributed by atoms with van der Waals surface area (Å²) in [5.74, 6) is 0.443. The van der Waals surface area contributed by atoms with Gasteiger partial charge in [0.15, 0.2) is 12.4 Å². The third kappa shape index (κ3) is 4.14. The van der Waals surface area contributed by atoms with Crippen molar-refractivity contribution in [2.24, 2.45) is 0 Å². The van der Waals surface area contributed by atoms with Crippen molar-refractivity contribution in [2.45, 2.75) is 13.8 Å². The van der Waals surface area contributed by atoms with Gasteiger partial charge in [0.05, 0.1) is 12.2 Å². The third-order valence-corrected chi connectivity index (χ3v) is 4.57. The Bertz CT molecular complexity index is 917. The number of rotatable bonds is 5. The van der Waals surface area contributed by atoms with E-state index >= 15 is 0 Å². The minimum absolute atomic E-state index is 0.128. The van der Waals surface area contributed by atoms with E-state index in [0.717, 1.165) is 0 Å². The predicted molar refractivity (Wildman–Crippen MR) is 103 cm³/mol. The lowest BCUT2D eigenvalue weighted by atomic mass is 9.94. The van der Waals surface area contributed by atoms with E-state index in [1.807, 2.05) is 6.07 Å². The van der Waals surface area contributed by atoms with Crippen molar-refractivity contribution >= 4 is 29.4 Å². The Balaban J connectivity index is 1.88. The number of ketones is 1. The second-order valence-electron chi connectivity index (χ2n) is 5.96. The maximum atomic E-state index is 12.9. The molecular formula is C21H19ClO5. The summed E-state index contributed by atoms with van der Waals surface area (Å²) >= 11 is 6.15. The van der Waals surface area contributed by atoms with Crippen LogP contribution in [0.2, 0.25) is 5.02 Å². The largest absolute Gasteiger partial charge is 0.488 e. The van der Waals surface area contributed by atoms with Crippen LogP contribution in [0.25, 0.3) is 6.08 Å². The zero-order valence-electron chi connectivity index (χ0n) is 15.1. The van der Waals surface area contributed by atoms with Crippen molar-refractivity contribution in [1.82, 2.24) is 0 Å². The van der Waals surface area contributed by atoms with E-state index in [4.69, 9.17) is 25.8 Å². The van der Waals surface area contributed by atoms with Gasteiger partial charge in [0.1, 0.15) is 18.1 Å². The third-order valence-electron chi connectivity index (χ3n) is 4.16. The van der Waals surface area contributed by atoms with Crippen LogP contribution in [0, 0.1) is 6.92 Å². The van der Waals surface area contributed by atoms with Crippen molar-refractivity contribution in [3.63, 3.8) is 0 Å². The van der Waals surface area contributed by atoms with Gasteiger partial charge in [0, 0.05) is 16.2 Å². The Labute approximate surface area is 162 Å². The molecule has 1 aliphatic rings. The molecule has 0 bridgehead atoms. The first kappa shape index (κ1) is 19.0. The Kier molecular flexibility index (Phi) is 5.81. The molecule has 0 aliphatic carbocycles. The molecule has 5 nitrogen and oxygen atoms in total. The molecule has 0 N–H and O–H groups in total. The predicted octanol–water partition coefficient (Wildman–Crippen LogP) is 4.25. The average molecular weight is 387 g/mol. The molecule has 1 heterocycles. The quantitative estimate of drug-likeness (QED) is 0.568. The van der Waals surface area contributed by atoms with Crippen LogP contribution < -0.4 is 9.47 Å². The molecule has 0 saturated heterocycles. The monoisotopic (exact) mass is 386 g/mol. The number of carbonyl (C=O) groups excluding carboxylic acids is 2. The van der Waals surface area contributed by atoms with Crippen molar-refractivity contribution in [1.29, 1.82) is 0 Å². The molecule has 1 aliphatic heterocycles. The normalized spacial score (nSPS) is 14.5. The van der Waals surface area contributed by atoms with Crippen LogP contribution >= 0.6 is 11.6 Å². The maximum absolute atomic E-state index is 12.9. The highest BCUT2D eigenvalue weighted by Crippen LogP contribution is 2.34. The van der Waals surface area contributed by atoms with Gasteiger partial charge in [-0.1, -0.05) is 29.8 Å². The minimum Gasteiger partial charge on any atom is -0.488 e. The summed E-state index contributed by atoms with van der Waals surface area (Å²) in [4.78, 5) is 24.5. The number of para-hydroxylation sites is 1. The molecule has 0 aromatic heterocycles. The van der Waals surface area contributed by atoms with Crippen molar-refractivity contribution < 1.29 is 23.8 Å². The van der Waals surface area contributed by atoms with Gasteiger partial charge in [-0.3, -0.25) is 4.79 Å². The Morgan fingerprint density at radius 1 is 1.26 bits per heavy atom. The fraction of sp³-hybridized carbons (Fsp3) is 0.238. The van der Waals surface area contributed by atoms with Crippen molar-refractivity contribution in [2.75, 3.05) is 19.8 Å². The molecule has 6 heteroatoms. The molecule has 2 aromatic carbocycles. The molecular weight excluding hydrogens is 368 g/mol. The Morgan fingerprint density at radius 2 is 2.04 bits per heavy atom. The number of esters is 1. The van der Waals surface area contributed by atoms with Gasteiger partial charge in [-0.05, 0) is 43.7 Å². The van der Waals surface area contributed by atoms with E-state index in [2.05, 4.69) is 0 Å². The van der Waals surface area contributed by atoms with Gasteiger partial charge < -0.3 is 14.2 Å². The van der Waals surface area contributed by atoms with E-state index in [1.54, 1.807) is 50.3 Å². The molecule has 0 amide bonds. The first-order valence-corrected chi connectivity index (χ1v) is 8.93. The van der Waals surface area contributed by atoms with Gasteiger partial charge in [0.25, 0.3) is 0 Å². The molecule has 0 spiro atoms. The lowest BCUT2D eigenvalue weighted by Gasteiger charge is -2.21. The fourth-order valence-electron chi connectivity index (χ4n) is 2.81. The smallest absolute Gasteiger partial charge is 0.344 e. The zero-order chi connectivity index (χ0) is 19.4. The molecule has 140 valence electrons. The average Bonchev–Trinajstić information content (AvgIpc) is 2.66. The summed E-state index contributed by atoms with van der Waals surface area (Å²) in [7, 11) is 0. The van der Waals surface area contributed by atoms with E-state index in [-0.39, 0.29) is 19.0 Å². The highest BCUT2D eigenvalue weighted by Gasteiger charge is 2.26. The fourth-order valence-corrected chi connectivity index (χ4v) is 2.97. The Hall–Kier alpha value is -2.79.